The van der Waals surface area contributed by atoms with Crippen molar-refractivity contribution >= 4 is 17.4 Å². The number of rotatable bonds is 8. The van der Waals surface area contributed by atoms with E-state index in [-0.39, 0.29) is 5.91 Å². The number of aliphatic carboxylic acids is 1. The average molecular weight is 524 g/mol. The van der Waals surface area contributed by atoms with E-state index in [2.05, 4.69) is 20.3 Å². The van der Waals surface area contributed by atoms with Gasteiger partial charge in [0.25, 0.3) is 5.91 Å². The van der Waals surface area contributed by atoms with Crippen molar-refractivity contribution in [2.24, 2.45) is 5.92 Å². The number of hydrogen-bond donors (Lipinski definition) is 2. The molecule has 1 amide bonds. The van der Waals surface area contributed by atoms with Gasteiger partial charge >= 0.3 is 12.1 Å². The third kappa shape index (κ3) is 7.04. The Hall–Kier alpha value is -3.52. The van der Waals surface area contributed by atoms with Gasteiger partial charge in [0.15, 0.2) is 11.5 Å². The molecule has 0 unspecified atom stereocenters. The number of imidazole rings is 1. The molecule has 1 aliphatic carbocycles. The molecule has 2 N–H and O–H groups in total. The van der Waals surface area contributed by atoms with E-state index in [1.54, 1.807) is 18.6 Å². The molecule has 14 heteroatoms. The van der Waals surface area contributed by atoms with Crippen LogP contribution < -0.4 is 5.32 Å². The molecule has 0 atom stereocenters. The van der Waals surface area contributed by atoms with Crippen molar-refractivity contribution in [2.45, 2.75) is 32.0 Å². The van der Waals surface area contributed by atoms with Crippen molar-refractivity contribution < 1.29 is 32.6 Å². The molecule has 0 spiro atoms. The summed E-state index contributed by atoms with van der Waals surface area (Å²) in [6, 6.07) is 1.96. The summed E-state index contributed by atoms with van der Waals surface area (Å²) < 4.78 is 41.0. The highest BCUT2D eigenvalue weighted by Gasteiger charge is 2.38. The van der Waals surface area contributed by atoms with Crippen LogP contribution in [0, 0.1) is 5.92 Å². The van der Waals surface area contributed by atoms with E-state index in [4.69, 9.17) is 19.6 Å². The first-order valence-electron chi connectivity index (χ1n) is 12.0. The molecule has 1 saturated heterocycles. The lowest BCUT2D eigenvalue weighted by atomic mass is 10.3. The molecule has 4 heterocycles. The van der Waals surface area contributed by atoms with Gasteiger partial charge in [-0.25, -0.2) is 9.78 Å². The molecule has 5 rings (SSSR count). The van der Waals surface area contributed by atoms with E-state index in [0.29, 0.717) is 23.7 Å². The third-order valence-corrected chi connectivity index (χ3v) is 6.02. The van der Waals surface area contributed by atoms with E-state index < -0.39 is 12.1 Å². The lowest BCUT2D eigenvalue weighted by Crippen LogP contribution is -2.38. The highest BCUT2D eigenvalue weighted by Crippen LogP contribution is 2.32. The van der Waals surface area contributed by atoms with Crippen LogP contribution in [0.3, 0.4) is 0 Å². The first-order valence-corrected chi connectivity index (χ1v) is 12.0. The van der Waals surface area contributed by atoms with Crippen molar-refractivity contribution in [1.82, 2.24) is 34.4 Å². The van der Waals surface area contributed by atoms with Gasteiger partial charge in [0, 0.05) is 44.8 Å². The normalized spacial score (nSPS) is 16.3. The summed E-state index contributed by atoms with van der Waals surface area (Å²) in [5.41, 5.74) is 2.04. The molecular formula is C23H28F3N7O4. The molecule has 0 aromatic carbocycles. The first-order chi connectivity index (χ1) is 17.7. The number of carbonyl (C=O) groups is 2. The summed E-state index contributed by atoms with van der Waals surface area (Å²) >= 11 is 0. The number of carboxylic acids is 1. The van der Waals surface area contributed by atoms with Gasteiger partial charge in [-0.1, -0.05) is 0 Å². The number of carboxylic acid groups (broad SMARTS) is 1. The van der Waals surface area contributed by atoms with Gasteiger partial charge in [-0.2, -0.15) is 18.3 Å². The number of amides is 1. The largest absolute Gasteiger partial charge is 0.490 e. The Kier molecular flexibility index (Phi) is 8.38. The second-order valence-electron chi connectivity index (χ2n) is 8.82. The van der Waals surface area contributed by atoms with Gasteiger partial charge in [-0.3, -0.25) is 23.8 Å². The second kappa shape index (κ2) is 11.7. The van der Waals surface area contributed by atoms with Gasteiger partial charge in [0.05, 0.1) is 24.9 Å². The van der Waals surface area contributed by atoms with Crippen molar-refractivity contribution in [3.63, 3.8) is 0 Å². The number of halogens is 3. The molecule has 37 heavy (non-hydrogen) atoms. The van der Waals surface area contributed by atoms with E-state index in [0.717, 1.165) is 57.3 Å². The van der Waals surface area contributed by atoms with Crippen LogP contribution in [0.25, 0.3) is 17.0 Å². The van der Waals surface area contributed by atoms with Gasteiger partial charge in [-0.15, -0.1) is 0 Å². The van der Waals surface area contributed by atoms with Crippen LogP contribution in [0.2, 0.25) is 0 Å². The topological polar surface area (TPSA) is 127 Å². The molecule has 0 bridgehead atoms. The average Bonchev–Trinajstić information content (AvgIpc) is 3.44. The maximum absolute atomic E-state index is 12.9. The van der Waals surface area contributed by atoms with E-state index in [1.807, 2.05) is 21.3 Å². The van der Waals surface area contributed by atoms with Crippen molar-refractivity contribution in [1.29, 1.82) is 0 Å². The van der Waals surface area contributed by atoms with Crippen LogP contribution in [0.4, 0.5) is 13.2 Å². The van der Waals surface area contributed by atoms with Gasteiger partial charge < -0.3 is 15.2 Å². The molecule has 2 aliphatic rings. The van der Waals surface area contributed by atoms with Crippen LogP contribution in [-0.4, -0.2) is 91.6 Å². The summed E-state index contributed by atoms with van der Waals surface area (Å²) in [7, 11) is 0. The summed E-state index contributed by atoms with van der Waals surface area (Å²) in [4.78, 5) is 33.1. The molecule has 3 aromatic rings. The fraction of sp³-hybridized carbons (Fsp3) is 0.522. The highest BCUT2D eigenvalue weighted by molar-refractivity contribution is 5.99. The number of alkyl halides is 3. The SMILES string of the molecule is O=C(NCCCN1CCOCC1)c1nc(-c2ccnn2CC2CC2)n2ccncc12.O=C(O)C(F)(F)F. The Bertz CT molecular complexity index is 1220. The number of hydrogen-bond acceptors (Lipinski definition) is 7. The predicted octanol–water partition coefficient (Wildman–Crippen LogP) is 2.09. The van der Waals surface area contributed by atoms with Crippen molar-refractivity contribution in [3.8, 4) is 11.5 Å². The quantitative estimate of drug-likeness (QED) is 0.430. The highest BCUT2D eigenvalue weighted by atomic mass is 19.4. The Morgan fingerprint density at radius 3 is 2.59 bits per heavy atom. The second-order valence-corrected chi connectivity index (χ2v) is 8.82. The number of fused-ring (bicyclic) bond motifs is 1. The molecular weight excluding hydrogens is 495 g/mol. The van der Waals surface area contributed by atoms with Crippen LogP contribution in [0.1, 0.15) is 29.8 Å². The van der Waals surface area contributed by atoms with E-state index >= 15 is 0 Å². The van der Waals surface area contributed by atoms with Gasteiger partial charge in [0.1, 0.15) is 5.69 Å². The standard InChI is InChI=1S/C21H27N7O2.C2HF3O2/c29-21(23-5-1-8-26-10-12-30-13-11-26)19-18-14-22-7-9-27(18)20(25-19)17-4-6-24-28(17)15-16-2-3-16;3-2(4,5)1(6)7/h4,6-7,9,14,16H,1-3,5,8,10-13,15H2,(H,23,29);(H,6,7). The minimum Gasteiger partial charge on any atom is -0.475 e. The molecule has 200 valence electrons. The van der Waals surface area contributed by atoms with Gasteiger partial charge in [-0.05, 0) is 37.8 Å². The Balaban J connectivity index is 0.000000405. The number of nitrogens with zero attached hydrogens (tertiary/aromatic N) is 6. The molecule has 11 nitrogen and oxygen atoms in total. The molecule has 1 aliphatic heterocycles. The number of nitrogens with one attached hydrogen (secondary N) is 1. The summed E-state index contributed by atoms with van der Waals surface area (Å²) in [5.74, 6) is -1.50. The zero-order valence-corrected chi connectivity index (χ0v) is 20.0. The summed E-state index contributed by atoms with van der Waals surface area (Å²) in [5, 5.41) is 14.6. The molecule has 2 fully saturated rings. The lowest BCUT2D eigenvalue weighted by Gasteiger charge is -2.26. The van der Waals surface area contributed by atoms with Crippen LogP contribution >= 0.6 is 0 Å². The lowest BCUT2D eigenvalue weighted by molar-refractivity contribution is -0.192. The third-order valence-electron chi connectivity index (χ3n) is 6.02. The van der Waals surface area contributed by atoms with Crippen LogP contribution in [-0.2, 0) is 16.1 Å². The molecule has 3 aromatic heterocycles. The number of aromatic nitrogens is 5. The number of ether oxygens (including phenoxy) is 1. The van der Waals surface area contributed by atoms with E-state index in [1.165, 1.54) is 12.8 Å². The predicted molar refractivity (Wildman–Crippen MR) is 125 cm³/mol. The fourth-order valence-electron chi connectivity index (χ4n) is 3.91. The minimum absolute atomic E-state index is 0.165. The Labute approximate surface area is 210 Å². The summed E-state index contributed by atoms with van der Waals surface area (Å²) in [6.45, 7) is 5.98. The smallest absolute Gasteiger partial charge is 0.475 e. The molecule has 1 saturated carbocycles. The maximum Gasteiger partial charge on any atom is 0.490 e. The Morgan fingerprint density at radius 1 is 1.19 bits per heavy atom. The zero-order valence-electron chi connectivity index (χ0n) is 20.0. The Morgan fingerprint density at radius 2 is 1.92 bits per heavy atom. The van der Waals surface area contributed by atoms with Gasteiger partial charge in [0.2, 0.25) is 0 Å². The van der Waals surface area contributed by atoms with Crippen LogP contribution in [0.5, 0.6) is 0 Å². The number of morpholine rings is 1. The number of carbonyl (C=O) groups excluding carboxylic acids is 1. The van der Waals surface area contributed by atoms with E-state index in [9.17, 15) is 18.0 Å². The monoisotopic (exact) mass is 523 g/mol. The summed E-state index contributed by atoms with van der Waals surface area (Å²) in [6.07, 6.45) is 5.38. The first kappa shape index (κ1) is 26.5. The fourth-order valence-corrected chi connectivity index (χ4v) is 3.91. The van der Waals surface area contributed by atoms with Crippen molar-refractivity contribution in [2.75, 3.05) is 39.4 Å². The van der Waals surface area contributed by atoms with Crippen molar-refractivity contribution in [3.05, 3.63) is 36.5 Å². The zero-order chi connectivity index (χ0) is 26.4. The minimum atomic E-state index is -5.08. The molecule has 0 radical (unpaired) electrons. The maximum atomic E-state index is 12.9. The van der Waals surface area contributed by atoms with Crippen LogP contribution in [0.15, 0.2) is 30.9 Å².